The molecule has 1 N–H and O–H groups in total. The van der Waals surface area contributed by atoms with E-state index < -0.39 is 6.10 Å². The summed E-state index contributed by atoms with van der Waals surface area (Å²) < 4.78 is 6.01. The van der Waals surface area contributed by atoms with Gasteiger partial charge < -0.3 is 19.9 Å². The lowest BCUT2D eigenvalue weighted by Gasteiger charge is -2.39. The summed E-state index contributed by atoms with van der Waals surface area (Å²) in [7, 11) is 0. The van der Waals surface area contributed by atoms with Gasteiger partial charge in [0.05, 0.1) is 23.7 Å². The largest absolute Gasteiger partial charge is 0.365 e. The number of piperidine rings is 1. The predicted octanol–water partition coefficient (Wildman–Crippen LogP) is 2.30. The van der Waals surface area contributed by atoms with Crippen LogP contribution in [0.3, 0.4) is 0 Å². The topological polar surface area (TPSA) is 81.5 Å². The van der Waals surface area contributed by atoms with Crippen molar-refractivity contribution in [3.8, 4) is 6.07 Å². The second kappa shape index (κ2) is 8.99. The van der Waals surface area contributed by atoms with Crippen molar-refractivity contribution in [2.24, 2.45) is 0 Å². The van der Waals surface area contributed by atoms with Crippen LogP contribution in [0.4, 0.5) is 5.69 Å². The first kappa shape index (κ1) is 20.6. The number of morpholine rings is 1. The van der Waals surface area contributed by atoms with Crippen LogP contribution in [0.5, 0.6) is 0 Å². The molecule has 2 atom stereocenters. The fraction of sp³-hybridized carbons (Fsp3) is 0.522. The van der Waals surface area contributed by atoms with Crippen molar-refractivity contribution >= 4 is 22.5 Å². The molecule has 2 saturated heterocycles. The Labute approximate surface area is 177 Å². The molecule has 4 rings (SSSR count). The zero-order valence-electron chi connectivity index (χ0n) is 17.7. The number of nitrogens with one attached hydrogen (secondary N) is 1. The maximum absolute atomic E-state index is 13.0. The SMILES string of the molecule is CCN1CCC(NC(=O)[C@H]2CN(c3ccc(C#N)c4ncccc34)C[C@@H](C)O2)CC1. The van der Waals surface area contributed by atoms with E-state index in [-0.39, 0.29) is 18.1 Å². The fourth-order valence-corrected chi connectivity index (χ4v) is 4.50. The Balaban J connectivity index is 1.50. The Bertz CT molecular complexity index is 948. The standard InChI is InChI=1S/C23H29N5O2/c1-3-27-11-8-18(9-12-27)26-23(29)21-15-28(14-16(2)30-21)20-7-6-17(13-24)22-19(20)5-4-10-25-22/h4-7,10,16,18,21H,3,8-9,11-12,14-15H2,1-2H3,(H,26,29)/t16-,21-/m1/s1. The molecule has 2 aromatic rings. The molecule has 3 heterocycles. The van der Waals surface area contributed by atoms with Crippen LogP contribution in [0.2, 0.25) is 0 Å². The van der Waals surface area contributed by atoms with E-state index in [0.717, 1.165) is 43.5 Å². The van der Waals surface area contributed by atoms with Gasteiger partial charge in [0.2, 0.25) is 0 Å². The Morgan fingerprint density at radius 2 is 2.10 bits per heavy atom. The number of aromatic nitrogens is 1. The van der Waals surface area contributed by atoms with Crippen LogP contribution in [0.15, 0.2) is 30.5 Å². The normalized spacial score (nSPS) is 23.3. The summed E-state index contributed by atoms with van der Waals surface area (Å²) in [4.78, 5) is 22.0. The van der Waals surface area contributed by atoms with Crippen LogP contribution < -0.4 is 10.2 Å². The van der Waals surface area contributed by atoms with Gasteiger partial charge in [0.15, 0.2) is 6.10 Å². The summed E-state index contributed by atoms with van der Waals surface area (Å²) in [5.41, 5.74) is 2.24. The van der Waals surface area contributed by atoms with Crippen molar-refractivity contribution in [3.63, 3.8) is 0 Å². The second-order valence-corrected chi connectivity index (χ2v) is 8.20. The van der Waals surface area contributed by atoms with Crippen molar-refractivity contribution in [3.05, 3.63) is 36.0 Å². The molecule has 2 aliphatic rings. The fourth-order valence-electron chi connectivity index (χ4n) is 4.50. The van der Waals surface area contributed by atoms with E-state index in [4.69, 9.17) is 4.74 Å². The zero-order valence-corrected chi connectivity index (χ0v) is 17.7. The van der Waals surface area contributed by atoms with Crippen LogP contribution in [0, 0.1) is 11.3 Å². The third-order valence-corrected chi connectivity index (χ3v) is 6.14. The molecule has 7 nitrogen and oxygen atoms in total. The highest BCUT2D eigenvalue weighted by molar-refractivity contribution is 5.95. The van der Waals surface area contributed by atoms with E-state index in [1.807, 2.05) is 25.1 Å². The first-order valence-electron chi connectivity index (χ1n) is 10.8. The third kappa shape index (κ3) is 4.25. The number of nitriles is 1. The van der Waals surface area contributed by atoms with Crippen molar-refractivity contribution in [1.29, 1.82) is 5.26 Å². The average molecular weight is 408 g/mol. The second-order valence-electron chi connectivity index (χ2n) is 8.20. The summed E-state index contributed by atoms with van der Waals surface area (Å²) in [6.45, 7) is 8.46. The summed E-state index contributed by atoms with van der Waals surface area (Å²) in [5, 5.41) is 13.5. The van der Waals surface area contributed by atoms with E-state index in [0.29, 0.717) is 24.2 Å². The number of fused-ring (bicyclic) bond motifs is 1. The number of benzene rings is 1. The van der Waals surface area contributed by atoms with Gasteiger partial charge in [-0.3, -0.25) is 9.78 Å². The maximum Gasteiger partial charge on any atom is 0.251 e. The minimum atomic E-state index is -0.514. The van der Waals surface area contributed by atoms with E-state index in [1.165, 1.54) is 0 Å². The quantitative estimate of drug-likeness (QED) is 0.838. The van der Waals surface area contributed by atoms with Gasteiger partial charge in [-0.1, -0.05) is 6.92 Å². The zero-order chi connectivity index (χ0) is 21.1. The summed E-state index contributed by atoms with van der Waals surface area (Å²) in [5.74, 6) is -0.0300. The molecular formula is C23H29N5O2. The smallest absolute Gasteiger partial charge is 0.251 e. The molecule has 30 heavy (non-hydrogen) atoms. The van der Waals surface area contributed by atoms with Crippen LogP contribution in [0.1, 0.15) is 32.3 Å². The van der Waals surface area contributed by atoms with Crippen molar-refractivity contribution in [1.82, 2.24) is 15.2 Å². The van der Waals surface area contributed by atoms with Gasteiger partial charge in [-0.05, 0) is 50.6 Å². The molecule has 2 aliphatic heterocycles. The lowest BCUT2D eigenvalue weighted by molar-refractivity contribution is -0.138. The Morgan fingerprint density at radius 1 is 1.30 bits per heavy atom. The molecule has 158 valence electrons. The third-order valence-electron chi connectivity index (χ3n) is 6.14. The van der Waals surface area contributed by atoms with Gasteiger partial charge in [0, 0.05) is 42.9 Å². The van der Waals surface area contributed by atoms with Gasteiger partial charge in [0.1, 0.15) is 6.07 Å². The summed E-state index contributed by atoms with van der Waals surface area (Å²) >= 11 is 0. The number of amides is 1. The Kier molecular flexibility index (Phi) is 6.16. The lowest BCUT2D eigenvalue weighted by Crippen LogP contribution is -2.55. The van der Waals surface area contributed by atoms with Gasteiger partial charge >= 0.3 is 0 Å². The molecule has 0 spiro atoms. The van der Waals surface area contributed by atoms with Crippen molar-refractivity contribution in [2.75, 3.05) is 37.6 Å². The molecule has 1 amide bonds. The monoisotopic (exact) mass is 407 g/mol. The molecular weight excluding hydrogens is 378 g/mol. The summed E-state index contributed by atoms with van der Waals surface area (Å²) in [6.07, 6.45) is 3.09. The predicted molar refractivity (Wildman–Crippen MR) is 116 cm³/mol. The molecule has 0 radical (unpaired) electrons. The van der Waals surface area contributed by atoms with Crippen LogP contribution >= 0.6 is 0 Å². The van der Waals surface area contributed by atoms with E-state index in [2.05, 4.69) is 33.1 Å². The highest BCUT2D eigenvalue weighted by Crippen LogP contribution is 2.30. The molecule has 1 aromatic carbocycles. The minimum Gasteiger partial charge on any atom is -0.365 e. The van der Waals surface area contributed by atoms with Crippen LogP contribution in [-0.2, 0) is 9.53 Å². The number of nitrogens with zero attached hydrogens (tertiary/aromatic N) is 4. The number of pyridine rings is 1. The molecule has 2 fully saturated rings. The van der Waals surface area contributed by atoms with Crippen LogP contribution in [0.25, 0.3) is 10.9 Å². The first-order valence-corrected chi connectivity index (χ1v) is 10.8. The van der Waals surface area contributed by atoms with E-state index >= 15 is 0 Å². The first-order chi connectivity index (χ1) is 14.6. The number of carbonyl (C=O) groups excluding carboxylic acids is 1. The number of carbonyl (C=O) groups is 1. The number of ether oxygens (including phenoxy) is 1. The van der Waals surface area contributed by atoms with E-state index in [9.17, 15) is 10.1 Å². The average Bonchev–Trinajstić information content (AvgIpc) is 2.78. The van der Waals surface area contributed by atoms with Gasteiger partial charge in [-0.15, -0.1) is 0 Å². The lowest BCUT2D eigenvalue weighted by atomic mass is 10.0. The van der Waals surface area contributed by atoms with Crippen molar-refractivity contribution in [2.45, 2.75) is 44.9 Å². The highest BCUT2D eigenvalue weighted by atomic mass is 16.5. The summed E-state index contributed by atoms with van der Waals surface area (Å²) in [6, 6.07) is 10.1. The molecule has 1 aromatic heterocycles. The minimum absolute atomic E-state index is 0.0300. The highest BCUT2D eigenvalue weighted by Gasteiger charge is 2.33. The van der Waals surface area contributed by atoms with Gasteiger partial charge in [0.25, 0.3) is 5.91 Å². The number of anilines is 1. The molecule has 0 aliphatic carbocycles. The Hall–Kier alpha value is -2.69. The molecule has 0 unspecified atom stereocenters. The number of likely N-dealkylation sites (tertiary alicyclic amines) is 1. The molecule has 7 heteroatoms. The maximum atomic E-state index is 13.0. The Morgan fingerprint density at radius 3 is 2.83 bits per heavy atom. The van der Waals surface area contributed by atoms with Crippen LogP contribution in [-0.4, -0.2) is 66.8 Å². The van der Waals surface area contributed by atoms with E-state index in [1.54, 1.807) is 12.3 Å². The molecule has 0 bridgehead atoms. The number of hydrogen-bond donors (Lipinski definition) is 1. The number of hydrogen-bond acceptors (Lipinski definition) is 6. The number of rotatable bonds is 4. The molecule has 0 saturated carbocycles. The van der Waals surface area contributed by atoms with Crippen molar-refractivity contribution < 1.29 is 9.53 Å². The van der Waals surface area contributed by atoms with Gasteiger partial charge in [-0.25, -0.2) is 0 Å². The van der Waals surface area contributed by atoms with Gasteiger partial charge in [-0.2, -0.15) is 5.26 Å².